The summed E-state index contributed by atoms with van der Waals surface area (Å²) in [7, 11) is 4.11. The lowest BCUT2D eigenvalue weighted by Crippen LogP contribution is -2.44. The number of imidazole rings is 1. The predicted molar refractivity (Wildman–Crippen MR) is 165 cm³/mol. The Morgan fingerprint density at radius 1 is 1.02 bits per heavy atom. The van der Waals surface area contributed by atoms with E-state index >= 15 is 0 Å². The first-order valence-corrected chi connectivity index (χ1v) is 14.6. The molecule has 0 atom stereocenters. The number of anilines is 2. The number of nitrogens with zero attached hydrogens (tertiary/aromatic N) is 7. The van der Waals surface area contributed by atoms with Crippen molar-refractivity contribution in [3.8, 4) is 17.3 Å². The van der Waals surface area contributed by atoms with Crippen molar-refractivity contribution in [2.45, 2.75) is 16.6 Å². The van der Waals surface area contributed by atoms with Crippen molar-refractivity contribution in [2.24, 2.45) is 7.05 Å². The summed E-state index contributed by atoms with van der Waals surface area (Å²) in [5.74, 6) is 0. The highest BCUT2D eigenvalue weighted by Crippen LogP contribution is 2.36. The molecule has 1 aliphatic heterocycles. The van der Waals surface area contributed by atoms with Crippen molar-refractivity contribution in [3.63, 3.8) is 0 Å². The fraction of sp³-hybridized carbons (Fsp3) is 0.226. The van der Waals surface area contributed by atoms with E-state index in [1.165, 1.54) is 11.8 Å². The molecule has 10 heteroatoms. The van der Waals surface area contributed by atoms with Gasteiger partial charge in [0.25, 0.3) is 0 Å². The molecule has 8 nitrogen and oxygen atoms in total. The molecule has 41 heavy (non-hydrogen) atoms. The standard InChI is InChI=1S/C31H29ClN8S/c1-38-12-14-40(15-13-38)20-24-4-3-5-27(36-24)21-6-8-25-28(16-21)35-19-22(18-33)30(25)37-23-7-9-29(26(32)17-23)41-31-34-10-11-39(31)2/h3-11,16-17,19H,12-15,20H2,1-2H3,(H,35,37). The minimum atomic E-state index is 0.458. The molecule has 1 aliphatic rings. The first kappa shape index (κ1) is 27.2. The van der Waals surface area contributed by atoms with Gasteiger partial charge in [-0.25, -0.2) is 4.98 Å². The average molecular weight is 581 g/mol. The molecular weight excluding hydrogens is 552 g/mol. The fourth-order valence-electron chi connectivity index (χ4n) is 4.89. The number of benzene rings is 2. The maximum Gasteiger partial charge on any atom is 0.172 e. The maximum atomic E-state index is 9.85. The number of aromatic nitrogens is 4. The van der Waals surface area contributed by atoms with Gasteiger partial charge in [0.2, 0.25) is 0 Å². The zero-order valence-electron chi connectivity index (χ0n) is 22.9. The number of fused-ring (bicyclic) bond motifs is 1. The van der Waals surface area contributed by atoms with Gasteiger partial charge in [-0.1, -0.05) is 35.5 Å². The molecule has 0 radical (unpaired) electrons. The second-order valence-electron chi connectivity index (χ2n) is 10.2. The molecule has 0 amide bonds. The van der Waals surface area contributed by atoms with E-state index in [9.17, 15) is 5.26 Å². The van der Waals surface area contributed by atoms with Crippen LogP contribution in [0.4, 0.5) is 11.4 Å². The lowest BCUT2D eigenvalue weighted by molar-refractivity contribution is 0.147. The van der Waals surface area contributed by atoms with Crippen LogP contribution in [0, 0.1) is 11.3 Å². The van der Waals surface area contributed by atoms with Crippen LogP contribution in [-0.2, 0) is 13.6 Å². The molecule has 4 heterocycles. The Balaban J connectivity index is 1.26. The molecule has 0 saturated carbocycles. The summed E-state index contributed by atoms with van der Waals surface area (Å²) in [4.78, 5) is 19.6. The third kappa shape index (κ3) is 6.06. The first-order valence-electron chi connectivity index (χ1n) is 13.4. The predicted octanol–water partition coefficient (Wildman–Crippen LogP) is 6.20. The van der Waals surface area contributed by atoms with Crippen molar-refractivity contribution in [2.75, 3.05) is 38.5 Å². The Hall–Kier alpha value is -3.94. The Bertz CT molecular complexity index is 1750. The Morgan fingerprint density at radius 2 is 1.88 bits per heavy atom. The summed E-state index contributed by atoms with van der Waals surface area (Å²) >= 11 is 8.14. The van der Waals surface area contributed by atoms with Crippen LogP contribution in [0.25, 0.3) is 22.2 Å². The summed E-state index contributed by atoms with van der Waals surface area (Å²) in [6.07, 6.45) is 5.27. The van der Waals surface area contributed by atoms with Crippen molar-refractivity contribution >= 4 is 45.6 Å². The van der Waals surface area contributed by atoms with Gasteiger partial charge in [0.1, 0.15) is 6.07 Å². The molecule has 1 saturated heterocycles. The van der Waals surface area contributed by atoms with Gasteiger partial charge in [-0.3, -0.25) is 14.9 Å². The topological polar surface area (TPSA) is 85.9 Å². The number of piperazine rings is 1. The molecule has 5 aromatic rings. The third-order valence-corrected chi connectivity index (χ3v) is 8.83. The van der Waals surface area contributed by atoms with E-state index < -0.39 is 0 Å². The van der Waals surface area contributed by atoms with Gasteiger partial charge in [0.05, 0.1) is 33.2 Å². The minimum absolute atomic E-state index is 0.458. The maximum absolute atomic E-state index is 9.85. The normalized spacial score (nSPS) is 14.3. The van der Waals surface area contributed by atoms with E-state index in [2.05, 4.69) is 50.3 Å². The Kier molecular flexibility index (Phi) is 7.90. The number of nitrogens with one attached hydrogen (secondary N) is 1. The van der Waals surface area contributed by atoms with Crippen LogP contribution in [-0.4, -0.2) is 62.5 Å². The van der Waals surface area contributed by atoms with Crippen LogP contribution >= 0.6 is 23.4 Å². The minimum Gasteiger partial charge on any atom is -0.354 e. The second-order valence-corrected chi connectivity index (χ2v) is 11.6. The van der Waals surface area contributed by atoms with Gasteiger partial charge in [0.15, 0.2) is 5.16 Å². The zero-order valence-corrected chi connectivity index (χ0v) is 24.5. The molecule has 0 aliphatic carbocycles. The molecule has 2 aromatic carbocycles. The highest BCUT2D eigenvalue weighted by atomic mass is 35.5. The number of aryl methyl sites for hydroxylation is 1. The van der Waals surface area contributed by atoms with Crippen LogP contribution in [0.2, 0.25) is 5.02 Å². The van der Waals surface area contributed by atoms with Crippen molar-refractivity contribution < 1.29 is 0 Å². The lowest BCUT2D eigenvalue weighted by atomic mass is 10.0. The van der Waals surface area contributed by atoms with E-state index in [4.69, 9.17) is 16.6 Å². The largest absolute Gasteiger partial charge is 0.354 e. The summed E-state index contributed by atoms with van der Waals surface area (Å²) in [5, 5.41) is 15.6. The number of likely N-dealkylation sites (N-methyl/N-ethyl adjacent to an activating group) is 1. The number of nitriles is 1. The van der Waals surface area contributed by atoms with Crippen LogP contribution in [0.5, 0.6) is 0 Å². The molecule has 0 spiro atoms. The molecule has 206 valence electrons. The molecule has 1 N–H and O–H groups in total. The number of hydrogen-bond acceptors (Lipinski definition) is 8. The fourth-order valence-corrected chi connectivity index (χ4v) is 5.99. The smallest absolute Gasteiger partial charge is 0.172 e. The Labute approximate surface area is 248 Å². The highest BCUT2D eigenvalue weighted by molar-refractivity contribution is 7.99. The lowest BCUT2D eigenvalue weighted by Gasteiger charge is -2.32. The molecule has 0 unspecified atom stereocenters. The van der Waals surface area contributed by atoms with E-state index in [0.717, 1.165) is 76.3 Å². The summed E-state index contributed by atoms with van der Waals surface area (Å²) < 4.78 is 1.95. The third-order valence-electron chi connectivity index (χ3n) is 7.25. The highest BCUT2D eigenvalue weighted by Gasteiger charge is 2.16. The molecular formula is C31H29ClN8S. The monoisotopic (exact) mass is 580 g/mol. The SMILES string of the molecule is CN1CCN(Cc2cccc(-c3ccc4c(Nc5ccc(Sc6nccn6C)c(Cl)c5)c(C#N)cnc4c3)n2)CC1. The van der Waals surface area contributed by atoms with E-state index in [-0.39, 0.29) is 0 Å². The van der Waals surface area contributed by atoms with Crippen LogP contribution in [0.1, 0.15) is 11.3 Å². The van der Waals surface area contributed by atoms with Gasteiger partial charge in [-0.2, -0.15) is 5.26 Å². The summed E-state index contributed by atoms with van der Waals surface area (Å²) in [6.45, 7) is 5.11. The second kappa shape index (κ2) is 11.9. The first-order chi connectivity index (χ1) is 20.0. The number of rotatable bonds is 7. The average Bonchev–Trinajstić information content (AvgIpc) is 3.39. The summed E-state index contributed by atoms with van der Waals surface area (Å²) in [6, 6.07) is 20.3. The van der Waals surface area contributed by atoms with E-state index in [1.807, 2.05) is 60.3 Å². The van der Waals surface area contributed by atoms with Gasteiger partial charge in [0, 0.05) is 79.9 Å². The van der Waals surface area contributed by atoms with Crippen LogP contribution in [0.15, 0.2) is 83.2 Å². The van der Waals surface area contributed by atoms with Crippen LogP contribution < -0.4 is 5.32 Å². The molecule has 0 bridgehead atoms. The van der Waals surface area contributed by atoms with Crippen molar-refractivity contribution in [1.29, 1.82) is 5.26 Å². The van der Waals surface area contributed by atoms with Gasteiger partial charge in [-0.15, -0.1) is 0 Å². The Morgan fingerprint density at radius 3 is 2.63 bits per heavy atom. The quantitative estimate of drug-likeness (QED) is 0.244. The van der Waals surface area contributed by atoms with Crippen molar-refractivity contribution in [1.82, 2.24) is 29.3 Å². The van der Waals surface area contributed by atoms with Gasteiger partial charge < -0.3 is 14.8 Å². The molecule has 1 fully saturated rings. The molecule has 3 aromatic heterocycles. The molecule has 6 rings (SSSR count). The van der Waals surface area contributed by atoms with E-state index in [1.54, 1.807) is 12.4 Å². The van der Waals surface area contributed by atoms with E-state index in [0.29, 0.717) is 16.3 Å². The van der Waals surface area contributed by atoms with Crippen molar-refractivity contribution in [3.05, 3.63) is 89.5 Å². The zero-order chi connectivity index (χ0) is 28.3. The van der Waals surface area contributed by atoms with Gasteiger partial charge >= 0.3 is 0 Å². The number of hydrogen-bond donors (Lipinski definition) is 1. The van der Waals surface area contributed by atoms with Crippen LogP contribution in [0.3, 0.4) is 0 Å². The summed E-state index contributed by atoms with van der Waals surface area (Å²) in [5.41, 5.74) is 5.67. The van der Waals surface area contributed by atoms with Gasteiger partial charge in [-0.05, 0) is 49.5 Å². The number of pyridine rings is 2. The number of halogens is 1.